The number of aryl methyl sites for hydroxylation is 1. The van der Waals surface area contributed by atoms with E-state index in [1.54, 1.807) is 60.7 Å². The Morgan fingerprint density at radius 3 is 2.52 bits per heavy atom. The fraction of sp³-hybridized carbons (Fsp3) is 0.286. The zero-order chi connectivity index (χ0) is 22.2. The van der Waals surface area contributed by atoms with E-state index in [0.29, 0.717) is 34.4 Å². The minimum atomic E-state index is -0.319. The van der Waals surface area contributed by atoms with Gasteiger partial charge in [0.2, 0.25) is 0 Å². The molecule has 8 nitrogen and oxygen atoms in total. The van der Waals surface area contributed by atoms with Crippen molar-refractivity contribution >= 4 is 34.7 Å². The highest BCUT2D eigenvalue weighted by Gasteiger charge is 2.12. The van der Waals surface area contributed by atoms with Crippen LogP contribution in [0.5, 0.6) is 23.0 Å². The number of hydrogen-bond donors (Lipinski definition) is 1. The minimum absolute atomic E-state index is 0.188. The second-order valence-electron chi connectivity index (χ2n) is 6.28. The summed E-state index contributed by atoms with van der Waals surface area (Å²) in [5, 5.41) is 4.78. The number of carbonyl (C=O) groups excluding carboxylic acids is 1. The fourth-order valence-electron chi connectivity index (χ4n) is 2.60. The van der Waals surface area contributed by atoms with Gasteiger partial charge in [0.05, 0.1) is 33.2 Å². The van der Waals surface area contributed by atoms with Crippen molar-refractivity contribution in [3.63, 3.8) is 0 Å². The van der Waals surface area contributed by atoms with Crippen LogP contribution in [0.2, 0.25) is 0 Å². The standard InChI is InChI=1S/C21H23N3O5S2/c1-13-11-30-21(23-13)31-12-15-8-18(19(28-4)9-22-15)29-10-20(25)24-14-5-6-16(26-2)17(7-14)27-3/h5-9,11H,10,12H2,1-4H3,(H,24,25). The molecule has 0 unspecified atom stereocenters. The highest BCUT2D eigenvalue weighted by Crippen LogP contribution is 2.31. The van der Waals surface area contributed by atoms with Crippen LogP contribution < -0.4 is 24.3 Å². The van der Waals surface area contributed by atoms with Gasteiger partial charge in [-0.2, -0.15) is 0 Å². The lowest BCUT2D eigenvalue weighted by Crippen LogP contribution is -2.20. The maximum atomic E-state index is 12.4. The Bertz CT molecular complexity index is 1040. The molecule has 2 heterocycles. The third-order valence-electron chi connectivity index (χ3n) is 4.08. The Labute approximate surface area is 188 Å². The quantitative estimate of drug-likeness (QED) is 0.450. The molecule has 3 rings (SSSR count). The number of amides is 1. The topological polar surface area (TPSA) is 91.8 Å². The highest BCUT2D eigenvalue weighted by atomic mass is 32.2. The number of rotatable bonds is 10. The smallest absolute Gasteiger partial charge is 0.262 e. The van der Waals surface area contributed by atoms with Crippen molar-refractivity contribution < 1.29 is 23.7 Å². The first kappa shape index (κ1) is 22.7. The molecule has 0 saturated carbocycles. The van der Waals surface area contributed by atoms with Crippen molar-refractivity contribution in [2.75, 3.05) is 33.3 Å². The van der Waals surface area contributed by atoms with Crippen molar-refractivity contribution in [2.24, 2.45) is 0 Å². The highest BCUT2D eigenvalue weighted by molar-refractivity contribution is 8.00. The van der Waals surface area contributed by atoms with Crippen LogP contribution in [0.3, 0.4) is 0 Å². The van der Waals surface area contributed by atoms with E-state index in [-0.39, 0.29) is 12.5 Å². The number of hydrogen-bond acceptors (Lipinski definition) is 9. The lowest BCUT2D eigenvalue weighted by atomic mass is 10.2. The van der Waals surface area contributed by atoms with Crippen LogP contribution in [-0.2, 0) is 10.5 Å². The van der Waals surface area contributed by atoms with E-state index in [1.807, 2.05) is 12.3 Å². The van der Waals surface area contributed by atoms with Gasteiger partial charge in [-0.15, -0.1) is 11.3 Å². The van der Waals surface area contributed by atoms with Crippen LogP contribution in [0.1, 0.15) is 11.4 Å². The van der Waals surface area contributed by atoms with Gasteiger partial charge >= 0.3 is 0 Å². The van der Waals surface area contributed by atoms with Gasteiger partial charge in [0.1, 0.15) is 4.34 Å². The molecular weight excluding hydrogens is 438 g/mol. The van der Waals surface area contributed by atoms with Crippen molar-refractivity contribution in [1.29, 1.82) is 0 Å². The van der Waals surface area contributed by atoms with Crippen LogP contribution in [0.4, 0.5) is 5.69 Å². The Morgan fingerprint density at radius 2 is 1.84 bits per heavy atom. The van der Waals surface area contributed by atoms with Crippen LogP contribution in [0.25, 0.3) is 0 Å². The molecule has 0 spiro atoms. The van der Waals surface area contributed by atoms with E-state index in [9.17, 15) is 4.79 Å². The number of carbonyl (C=O) groups is 1. The van der Waals surface area contributed by atoms with E-state index in [1.165, 1.54) is 14.2 Å². The van der Waals surface area contributed by atoms with Gasteiger partial charge < -0.3 is 24.3 Å². The van der Waals surface area contributed by atoms with Crippen molar-refractivity contribution in [2.45, 2.75) is 17.0 Å². The molecule has 0 radical (unpaired) electrons. The number of ether oxygens (including phenoxy) is 4. The number of methoxy groups -OCH3 is 3. The normalized spacial score (nSPS) is 10.5. The first-order valence-electron chi connectivity index (χ1n) is 9.25. The average Bonchev–Trinajstić information content (AvgIpc) is 3.21. The van der Waals surface area contributed by atoms with Crippen LogP contribution in [0, 0.1) is 6.92 Å². The fourth-order valence-corrected chi connectivity index (χ4v) is 4.35. The van der Waals surface area contributed by atoms with Crippen LogP contribution >= 0.6 is 23.1 Å². The van der Waals surface area contributed by atoms with Gasteiger partial charge in [-0.05, 0) is 19.1 Å². The number of thiazole rings is 1. The number of anilines is 1. The molecule has 0 fully saturated rings. The Balaban J connectivity index is 1.61. The number of aromatic nitrogens is 2. The van der Waals surface area contributed by atoms with E-state index in [0.717, 1.165) is 15.7 Å². The summed E-state index contributed by atoms with van der Waals surface area (Å²) in [6.45, 7) is 1.78. The molecule has 2 aromatic heterocycles. The molecule has 1 aromatic carbocycles. The molecule has 0 atom stereocenters. The first-order chi connectivity index (χ1) is 15.0. The number of nitrogens with zero attached hydrogens (tertiary/aromatic N) is 2. The largest absolute Gasteiger partial charge is 0.493 e. The zero-order valence-corrected chi connectivity index (χ0v) is 19.3. The molecule has 1 amide bonds. The predicted octanol–water partition coefficient (Wildman–Crippen LogP) is 4.18. The van der Waals surface area contributed by atoms with E-state index < -0.39 is 0 Å². The Hall–Kier alpha value is -2.98. The van der Waals surface area contributed by atoms with E-state index >= 15 is 0 Å². The third-order valence-corrected chi connectivity index (χ3v) is 6.25. The van der Waals surface area contributed by atoms with E-state index in [2.05, 4.69) is 15.3 Å². The molecule has 3 aromatic rings. The number of thioether (sulfide) groups is 1. The Kier molecular flexibility index (Phi) is 7.96. The van der Waals surface area contributed by atoms with Gasteiger partial charge in [-0.25, -0.2) is 4.98 Å². The molecule has 1 N–H and O–H groups in total. The van der Waals surface area contributed by atoms with Crippen molar-refractivity contribution in [1.82, 2.24) is 9.97 Å². The van der Waals surface area contributed by atoms with E-state index in [4.69, 9.17) is 18.9 Å². The van der Waals surface area contributed by atoms with Gasteiger partial charge in [0, 0.05) is 34.6 Å². The van der Waals surface area contributed by atoms with Gasteiger partial charge in [0.25, 0.3) is 5.91 Å². The molecule has 10 heteroatoms. The van der Waals surface area contributed by atoms with Crippen molar-refractivity contribution in [3.05, 3.63) is 47.2 Å². The summed E-state index contributed by atoms with van der Waals surface area (Å²) in [6.07, 6.45) is 1.59. The Morgan fingerprint density at radius 1 is 1.06 bits per heavy atom. The number of nitrogens with one attached hydrogen (secondary N) is 1. The molecule has 0 aliphatic rings. The molecular formula is C21H23N3O5S2. The maximum absolute atomic E-state index is 12.4. The molecule has 0 saturated heterocycles. The molecule has 0 bridgehead atoms. The summed E-state index contributed by atoms with van der Waals surface area (Å²) >= 11 is 3.20. The second kappa shape index (κ2) is 10.9. The number of benzene rings is 1. The van der Waals surface area contributed by atoms with Crippen molar-refractivity contribution in [3.8, 4) is 23.0 Å². The maximum Gasteiger partial charge on any atom is 0.262 e. The third kappa shape index (κ3) is 6.25. The average molecular weight is 462 g/mol. The molecule has 0 aliphatic heterocycles. The zero-order valence-electron chi connectivity index (χ0n) is 17.6. The lowest BCUT2D eigenvalue weighted by molar-refractivity contribution is -0.118. The molecule has 0 aliphatic carbocycles. The SMILES string of the molecule is COc1ccc(NC(=O)COc2cc(CSc3nc(C)cs3)ncc2OC)cc1OC. The summed E-state index contributed by atoms with van der Waals surface area (Å²) < 4.78 is 22.4. The molecule has 164 valence electrons. The summed E-state index contributed by atoms with van der Waals surface area (Å²) in [4.78, 5) is 21.2. The summed E-state index contributed by atoms with van der Waals surface area (Å²) in [7, 11) is 4.62. The monoisotopic (exact) mass is 461 g/mol. The van der Waals surface area contributed by atoms with Crippen LogP contribution in [-0.4, -0.2) is 43.8 Å². The summed E-state index contributed by atoms with van der Waals surface area (Å²) in [6, 6.07) is 6.90. The number of pyridine rings is 1. The summed E-state index contributed by atoms with van der Waals surface area (Å²) in [5.41, 5.74) is 2.37. The molecule has 31 heavy (non-hydrogen) atoms. The second-order valence-corrected chi connectivity index (χ2v) is 8.36. The first-order valence-corrected chi connectivity index (χ1v) is 11.1. The van der Waals surface area contributed by atoms with Gasteiger partial charge in [0.15, 0.2) is 29.6 Å². The predicted molar refractivity (Wildman–Crippen MR) is 121 cm³/mol. The lowest BCUT2D eigenvalue weighted by Gasteiger charge is -2.13. The van der Waals surface area contributed by atoms with Gasteiger partial charge in [-0.1, -0.05) is 11.8 Å². The van der Waals surface area contributed by atoms with Gasteiger partial charge in [-0.3, -0.25) is 9.78 Å². The summed E-state index contributed by atoms with van der Waals surface area (Å²) in [5.74, 6) is 2.32. The minimum Gasteiger partial charge on any atom is -0.493 e. The van der Waals surface area contributed by atoms with Crippen LogP contribution in [0.15, 0.2) is 40.2 Å².